The number of benzene rings is 1. The van der Waals surface area contributed by atoms with Crippen molar-refractivity contribution in [2.24, 2.45) is 5.73 Å². The van der Waals surface area contributed by atoms with Crippen molar-refractivity contribution < 1.29 is 4.39 Å². The number of hydrogen-bond acceptors (Lipinski definition) is 2. The van der Waals surface area contributed by atoms with Gasteiger partial charge in [-0.3, -0.25) is 0 Å². The van der Waals surface area contributed by atoms with Crippen molar-refractivity contribution in [3.05, 3.63) is 48.0 Å². The van der Waals surface area contributed by atoms with Crippen LogP contribution in [-0.4, -0.2) is 16.3 Å². The smallest absolute Gasteiger partial charge is 0.123 e. The van der Waals surface area contributed by atoms with Gasteiger partial charge in [0.1, 0.15) is 5.82 Å². The zero-order valence-electron chi connectivity index (χ0n) is 8.23. The van der Waals surface area contributed by atoms with Gasteiger partial charge in [0.15, 0.2) is 0 Å². The second-order valence-electron chi connectivity index (χ2n) is 3.31. The number of aromatic nitrogens is 2. The van der Waals surface area contributed by atoms with Crippen LogP contribution in [0.25, 0.3) is 5.69 Å². The van der Waals surface area contributed by atoms with Crippen molar-refractivity contribution in [2.45, 2.75) is 6.42 Å². The van der Waals surface area contributed by atoms with Gasteiger partial charge in [-0.1, -0.05) is 0 Å². The second kappa shape index (κ2) is 4.23. The Bertz CT molecular complexity index is 433. The normalized spacial score (nSPS) is 10.5. The monoisotopic (exact) mass is 205 g/mol. The maximum atomic E-state index is 12.7. The van der Waals surface area contributed by atoms with E-state index in [1.807, 2.05) is 6.20 Å². The van der Waals surface area contributed by atoms with Crippen LogP contribution in [-0.2, 0) is 6.42 Å². The Morgan fingerprint density at radius 3 is 2.67 bits per heavy atom. The van der Waals surface area contributed by atoms with Crippen molar-refractivity contribution >= 4 is 0 Å². The molecule has 0 aliphatic rings. The molecule has 1 aromatic carbocycles. The van der Waals surface area contributed by atoms with Gasteiger partial charge in [-0.15, -0.1) is 0 Å². The number of nitrogens with zero attached hydrogens (tertiary/aromatic N) is 2. The molecule has 15 heavy (non-hydrogen) atoms. The highest BCUT2D eigenvalue weighted by Gasteiger charge is 2.00. The SMILES string of the molecule is NCCc1cnn(-c2ccc(F)cc2)c1. The van der Waals surface area contributed by atoms with Gasteiger partial charge >= 0.3 is 0 Å². The lowest BCUT2D eigenvalue weighted by molar-refractivity contribution is 0.627. The molecular formula is C11H12FN3. The third-order valence-corrected chi connectivity index (χ3v) is 2.16. The van der Waals surface area contributed by atoms with Crippen LogP contribution in [0.1, 0.15) is 5.56 Å². The summed E-state index contributed by atoms with van der Waals surface area (Å²) >= 11 is 0. The number of rotatable bonds is 3. The molecule has 0 radical (unpaired) electrons. The summed E-state index contributed by atoms with van der Waals surface area (Å²) in [6.45, 7) is 0.606. The van der Waals surface area contributed by atoms with Crippen LogP contribution in [0.4, 0.5) is 4.39 Å². The summed E-state index contributed by atoms with van der Waals surface area (Å²) in [5, 5.41) is 4.17. The highest BCUT2D eigenvalue weighted by molar-refractivity contribution is 5.31. The van der Waals surface area contributed by atoms with Gasteiger partial charge in [-0.25, -0.2) is 9.07 Å². The summed E-state index contributed by atoms with van der Waals surface area (Å²) in [4.78, 5) is 0. The minimum absolute atomic E-state index is 0.243. The first-order valence-electron chi connectivity index (χ1n) is 4.79. The summed E-state index contributed by atoms with van der Waals surface area (Å²) in [5.74, 6) is -0.243. The molecule has 2 rings (SSSR count). The highest BCUT2D eigenvalue weighted by Crippen LogP contribution is 2.09. The molecule has 0 amide bonds. The molecule has 0 saturated carbocycles. The first kappa shape index (κ1) is 9.86. The van der Waals surface area contributed by atoms with E-state index < -0.39 is 0 Å². The number of hydrogen-bond donors (Lipinski definition) is 1. The van der Waals surface area contributed by atoms with Crippen molar-refractivity contribution in [1.29, 1.82) is 0 Å². The Morgan fingerprint density at radius 1 is 1.27 bits per heavy atom. The third-order valence-electron chi connectivity index (χ3n) is 2.16. The molecule has 2 N–H and O–H groups in total. The van der Waals surface area contributed by atoms with Crippen LogP contribution in [0.2, 0.25) is 0 Å². The molecule has 0 atom stereocenters. The van der Waals surface area contributed by atoms with E-state index >= 15 is 0 Å². The molecule has 0 spiro atoms. The lowest BCUT2D eigenvalue weighted by atomic mass is 10.2. The van der Waals surface area contributed by atoms with E-state index in [9.17, 15) is 4.39 Å². The van der Waals surface area contributed by atoms with E-state index in [2.05, 4.69) is 5.10 Å². The predicted octanol–water partition coefficient (Wildman–Crippen LogP) is 1.51. The first-order valence-corrected chi connectivity index (χ1v) is 4.79. The fourth-order valence-corrected chi connectivity index (χ4v) is 1.39. The van der Waals surface area contributed by atoms with Crippen LogP contribution in [0, 0.1) is 5.82 Å². The van der Waals surface area contributed by atoms with Crippen molar-refractivity contribution in [2.75, 3.05) is 6.54 Å². The van der Waals surface area contributed by atoms with E-state index in [0.717, 1.165) is 17.7 Å². The molecule has 2 aromatic rings. The fourth-order valence-electron chi connectivity index (χ4n) is 1.39. The molecule has 0 bridgehead atoms. The number of nitrogens with two attached hydrogens (primary N) is 1. The van der Waals surface area contributed by atoms with Crippen molar-refractivity contribution in [1.82, 2.24) is 9.78 Å². The van der Waals surface area contributed by atoms with Crippen LogP contribution in [0.5, 0.6) is 0 Å². The molecule has 1 aromatic heterocycles. The van der Waals surface area contributed by atoms with E-state index in [1.165, 1.54) is 12.1 Å². The minimum Gasteiger partial charge on any atom is -0.330 e. The zero-order valence-corrected chi connectivity index (χ0v) is 8.23. The van der Waals surface area contributed by atoms with Crippen LogP contribution in [0.3, 0.4) is 0 Å². The topological polar surface area (TPSA) is 43.8 Å². The molecule has 0 aliphatic carbocycles. The zero-order chi connectivity index (χ0) is 10.7. The number of halogens is 1. The quantitative estimate of drug-likeness (QED) is 0.825. The largest absolute Gasteiger partial charge is 0.330 e. The molecule has 0 saturated heterocycles. The third kappa shape index (κ3) is 2.22. The lowest BCUT2D eigenvalue weighted by Crippen LogP contribution is -2.01. The maximum Gasteiger partial charge on any atom is 0.123 e. The summed E-state index contributed by atoms with van der Waals surface area (Å²) < 4.78 is 14.4. The van der Waals surface area contributed by atoms with Gasteiger partial charge in [-0.05, 0) is 42.8 Å². The van der Waals surface area contributed by atoms with Gasteiger partial charge < -0.3 is 5.73 Å². The van der Waals surface area contributed by atoms with Crippen LogP contribution < -0.4 is 5.73 Å². The summed E-state index contributed by atoms with van der Waals surface area (Å²) in [5.41, 5.74) is 7.37. The van der Waals surface area contributed by atoms with Crippen molar-refractivity contribution in [3.8, 4) is 5.69 Å². The van der Waals surface area contributed by atoms with E-state index in [-0.39, 0.29) is 5.82 Å². The average Bonchev–Trinajstić information content (AvgIpc) is 2.68. The van der Waals surface area contributed by atoms with Crippen LogP contribution >= 0.6 is 0 Å². The Labute approximate surface area is 87.3 Å². The van der Waals surface area contributed by atoms with Gasteiger partial charge in [-0.2, -0.15) is 5.10 Å². The summed E-state index contributed by atoms with van der Waals surface area (Å²) in [7, 11) is 0. The van der Waals surface area contributed by atoms with E-state index in [0.29, 0.717) is 6.54 Å². The van der Waals surface area contributed by atoms with Gasteiger partial charge in [0.2, 0.25) is 0 Å². The Kier molecular flexibility index (Phi) is 2.78. The first-order chi connectivity index (χ1) is 7.29. The molecular weight excluding hydrogens is 193 g/mol. The van der Waals surface area contributed by atoms with Gasteiger partial charge in [0.05, 0.1) is 11.9 Å². The molecule has 1 heterocycles. The lowest BCUT2D eigenvalue weighted by Gasteiger charge is -1.99. The predicted molar refractivity (Wildman–Crippen MR) is 56.3 cm³/mol. The second-order valence-corrected chi connectivity index (χ2v) is 3.31. The Morgan fingerprint density at radius 2 is 2.00 bits per heavy atom. The molecule has 78 valence electrons. The molecule has 0 fully saturated rings. The molecule has 0 unspecified atom stereocenters. The molecule has 3 nitrogen and oxygen atoms in total. The Balaban J connectivity index is 2.25. The standard InChI is InChI=1S/C11H12FN3/c12-10-1-3-11(4-2-10)15-8-9(5-6-13)7-14-15/h1-4,7-8H,5-6,13H2. The summed E-state index contributed by atoms with van der Waals surface area (Å²) in [6.07, 6.45) is 4.48. The highest BCUT2D eigenvalue weighted by atomic mass is 19.1. The Hall–Kier alpha value is -1.68. The fraction of sp³-hybridized carbons (Fsp3) is 0.182. The van der Waals surface area contributed by atoms with E-state index in [4.69, 9.17) is 5.73 Å². The summed E-state index contributed by atoms with van der Waals surface area (Å²) in [6, 6.07) is 6.21. The average molecular weight is 205 g/mol. The molecule has 0 aliphatic heterocycles. The van der Waals surface area contributed by atoms with Crippen LogP contribution in [0.15, 0.2) is 36.7 Å². The van der Waals surface area contributed by atoms with E-state index in [1.54, 1.807) is 23.0 Å². The minimum atomic E-state index is -0.243. The van der Waals surface area contributed by atoms with Gasteiger partial charge in [0, 0.05) is 6.20 Å². The molecule has 4 heteroatoms. The van der Waals surface area contributed by atoms with Crippen molar-refractivity contribution in [3.63, 3.8) is 0 Å². The maximum absolute atomic E-state index is 12.7. The van der Waals surface area contributed by atoms with Gasteiger partial charge in [0.25, 0.3) is 0 Å².